The number of carbonyl (C=O) groups is 1. The Balaban J connectivity index is 2.25. The van der Waals surface area contributed by atoms with Crippen molar-refractivity contribution in [3.63, 3.8) is 0 Å². The number of aromatic nitrogens is 3. The smallest absolute Gasteiger partial charge is 0.318 e. The minimum atomic E-state index is -0.527. The molecule has 0 saturated carbocycles. The van der Waals surface area contributed by atoms with Gasteiger partial charge in [-0.3, -0.25) is 4.79 Å². The van der Waals surface area contributed by atoms with Crippen molar-refractivity contribution in [1.82, 2.24) is 15.1 Å². The molecule has 0 aliphatic rings. The van der Waals surface area contributed by atoms with E-state index in [0.29, 0.717) is 24.5 Å². The zero-order chi connectivity index (χ0) is 14.5. The average Bonchev–Trinajstić information content (AvgIpc) is 2.89. The zero-order valence-corrected chi connectivity index (χ0v) is 11.8. The van der Waals surface area contributed by atoms with E-state index in [1.807, 2.05) is 26.0 Å². The zero-order valence-electron chi connectivity index (χ0n) is 11.8. The van der Waals surface area contributed by atoms with Crippen molar-refractivity contribution in [2.24, 2.45) is 0 Å². The molecule has 0 amide bonds. The normalized spacial score (nSPS) is 12.2. The summed E-state index contributed by atoms with van der Waals surface area (Å²) in [4.78, 5) is 20.4. The summed E-state index contributed by atoms with van der Waals surface area (Å²) in [5.74, 6) is -0.223. The van der Waals surface area contributed by atoms with Crippen LogP contribution in [0.25, 0.3) is 11.5 Å². The molecular weight excluding hydrogens is 258 g/mol. The summed E-state index contributed by atoms with van der Waals surface area (Å²) < 4.78 is 10.2. The molecule has 1 atom stereocenters. The molecule has 2 rings (SSSR count). The summed E-state index contributed by atoms with van der Waals surface area (Å²) in [6, 6.07) is 5.56. The Kier molecular flexibility index (Phi) is 4.45. The Morgan fingerprint density at radius 1 is 1.35 bits per heavy atom. The largest absolute Gasteiger partial charge is 0.465 e. The average molecular weight is 275 g/mol. The van der Waals surface area contributed by atoms with Crippen LogP contribution >= 0.6 is 0 Å². The molecule has 2 heterocycles. The number of aryl methyl sites for hydroxylation is 1. The summed E-state index contributed by atoms with van der Waals surface area (Å²) in [5.41, 5.74) is 1.49. The van der Waals surface area contributed by atoms with E-state index >= 15 is 0 Å². The lowest BCUT2D eigenvalue weighted by Gasteiger charge is -2.08. The molecule has 2 aromatic rings. The number of nitrogens with zero attached hydrogens (tertiary/aromatic N) is 3. The second-order valence-electron chi connectivity index (χ2n) is 4.33. The third-order valence-electron chi connectivity index (χ3n) is 2.84. The predicted molar refractivity (Wildman–Crippen MR) is 71.9 cm³/mol. The van der Waals surface area contributed by atoms with Crippen molar-refractivity contribution in [2.75, 3.05) is 6.61 Å². The van der Waals surface area contributed by atoms with Crippen LogP contribution in [-0.4, -0.2) is 27.7 Å². The van der Waals surface area contributed by atoms with Crippen LogP contribution in [-0.2, 0) is 9.53 Å². The van der Waals surface area contributed by atoms with Crippen LogP contribution in [0.3, 0.4) is 0 Å². The highest BCUT2D eigenvalue weighted by molar-refractivity contribution is 5.76. The van der Waals surface area contributed by atoms with Crippen LogP contribution in [0.15, 0.2) is 22.7 Å². The maximum absolute atomic E-state index is 11.8. The van der Waals surface area contributed by atoms with Crippen LogP contribution in [0, 0.1) is 6.92 Å². The number of hydrogen-bond acceptors (Lipinski definition) is 6. The predicted octanol–water partition coefficient (Wildman–Crippen LogP) is 2.50. The van der Waals surface area contributed by atoms with Crippen LogP contribution < -0.4 is 0 Å². The Morgan fingerprint density at radius 2 is 2.15 bits per heavy atom. The van der Waals surface area contributed by atoms with E-state index in [-0.39, 0.29) is 11.9 Å². The van der Waals surface area contributed by atoms with E-state index in [4.69, 9.17) is 9.26 Å². The lowest BCUT2D eigenvalue weighted by molar-refractivity contribution is -0.145. The number of esters is 1. The molecular formula is C14H17N3O3. The van der Waals surface area contributed by atoms with Crippen LogP contribution in [0.2, 0.25) is 0 Å². The van der Waals surface area contributed by atoms with Crippen molar-refractivity contribution >= 4 is 5.97 Å². The highest BCUT2D eigenvalue weighted by Crippen LogP contribution is 2.22. The maximum atomic E-state index is 11.8. The molecule has 0 N–H and O–H groups in total. The second kappa shape index (κ2) is 6.27. The summed E-state index contributed by atoms with van der Waals surface area (Å²) in [6.45, 7) is 5.85. The maximum Gasteiger partial charge on any atom is 0.318 e. The molecule has 6 heteroatoms. The van der Waals surface area contributed by atoms with Crippen LogP contribution in [0.4, 0.5) is 0 Å². The number of ether oxygens (including phenoxy) is 1. The Bertz CT molecular complexity index is 595. The van der Waals surface area contributed by atoms with Gasteiger partial charge in [0.2, 0.25) is 11.7 Å². The van der Waals surface area contributed by atoms with E-state index < -0.39 is 5.92 Å². The van der Waals surface area contributed by atoms with Gasteiger partial charge in [0.05, 0.1) is 6.61 Å². The number of rotatable bonds is 5. The molecule has 0 radical (unpaired) electrons. The molecule has 0 aromatic carbocycles. The van der Waals surface area contributed by atoms with E-state index in [1.54, 1.807) is 13.0 Å². The first-order chi connectivity index (χ1) is 9.65. The number of pyridine rings is 1. The molecule has 0 spiro atoms. The second-order valence-corrected chi connectivity index (χ2v) is 4.33. The first kappa shape index (κ1) is 14.2. The third-order valence-corrected chi connectivity index (χ3v) is 2.84. The van der Waals surface area contributed by atoms with E-state index in [2.05, 4.69) is 15.1 Å². The minimum Gasteiger partial charge on any atom is -0.465 e. The number of carbonyl (C=O) groups excluding carboxylic acids is 1. The van der Waals surface area contributed by atoms with Gasteiger partial charge in [0, 0.05) is 5.69 Å². The van der Waals surface area contributed by atoms with Gasteiger partial charge in [0.25, 0.3) is 0 Å². The first-order valence-corrected chi connectivity index (χ1v) is 6.60. The van der Waals surface area contributed by atoms with Gasteiger partial charge >= 0.3 is 5.97 Å². The van der Waals surface area contributed by atoms with Gasteiger partial charge in [-0.25, -0.2) is 4.98 Å². The highest BCUT2D eigenvalue weighted by atomic mass is 16.5. The van der Waals surface area contributed by atoms with Gasteiger partial charge in [-0.1, -0.05) is 18.1 Å². The molecule has 20 heavy (non-hydrogen) atoms. The molecule has 0 saturated heterocycles. The van der Waals surface area contributed by atoms with E-state index in [0.717, 1.165) is 5.69 Å². The fourth-order valence-corrected chi connectivity index (χ4v) is 1.83. The molecule has 0 aliphatic heterocycles. The van der Waals surface area contributed by atoms with Gasteiger partial charge in [-0.15, -0.1) is 0 Å². The molecule has 1 unspecified atom stereocenters. The van der Waals surface area contributed by atoms with Gasteiger partial charge in [0.1, 0.15) is 11.6 Å². The third kappa shape index (κ3) is 3.01. The standard InChI is InChI=1S/C14H17N3O3/c1-4-10(14(18)19-5-2)13-16-12(17-20-13)11-8-6-7-9(3)15-11/h6-8,10H,4-5H2,1-3H3. The fraction of sp³-hybridized carbons (Fsp3) is 0.429. The number of hydrogen-bond donors (Lipinski definition) is 0. The van der Waals surface area contributed by atoms with Crippen LogP contribution in [0.5, 0.6) is 0 Å². The molecule has 0 fully saturated rings. The lowest BCUT2D eigenvalue weighted by Crippen LogP contribution is -2.15. The Labute approximate surface area is 117 Å². The first-order valence-electron chi connectivity index (χ1n) is 6.60. The SMILES string of the molecule is CCOC(=O)C(CC)c1nc(-c2cccc(C)n2)no1. The van der Waals surface area contributed by atoms with Gasteiger partial charge in [0.15, 0.2) is 0 Å². The summed E-state index contributed by atoms with van der Waals surface area (Å²) in [5, 5.41) is 3.88. The van der Waals surface area contributed by atoms with Crippen LogP contribution in [0.1, 0.15) is 37.8 Å². The molecule has 106 valence electrons. The topological polar surface area (TPSA) is 78.1 Å². The van der Waals surface area contributed by atoms with Gasteiger partial charge < -0.3 is 9.26 Å². The summed E-state index contributed by atoms with van der Waals surface area (Å²) in [7, 11) is 0. The van der Waals surface area contributed by atoms with Crippen molar-refractivity contribution in [1.29, 1.82) is 0 Å². The highest BCUT2D eigenvalue weighted by Gasteiger charge is 2.26. The summed E-state index contributed by atoms with van der Waals surface area (Å²) >= 11 is 0. The Hall–Kier alpha value is -2.24. The van der Waals surface area contributed by atoms with Crippen molar-refractivity contribution in [3.8, 4) is 11.5 Å². The van der Waals surface area contributed by atoms with Crippen molar-refractivity contribution in [2.45, 2.75) is 33.1 Å². The molecule has 6 nitrogen and oxygen atoms in total. The van der Waals surface area contributed by atoms with Crippen molar-refractivity contribution < 1.29 is 14.1 Å². The summed E-state index contributed by atoms with van der Waals surface area (Å²) in [6.07, 6.45) is 0.543. The van der Waals surface area contributed by atoms with Gasteiger partial charge in [-0.2, -0.15) is 4.98 Å². The Morgan fingerprint density at radius 3 is 2.80 bits per heavy atom. The molecule has 0 aliphatic carbocycles. The van der Waals surface area contributed by atoms with Crippen molar-refractivity contribution in [3.05, 3.63) is 29.8 Å². The molecule has 2 aromatic heterocycles. The molecule has 0 bridgehead atoms. The van der Waals surface area contributed by atoms with Gasteiger partial charge in [-0.05, 0) is 32.4 Å². The minimum absolute atomic E-state index is 0.268. The van der Waals surface area contributed by atoms with E-state index in [1.165, 1.54) is 0 Å². The monoisotopic (exact) mass is 275 g/mol. The quantitative estimate of drug-likeness (QED) is 0.780. The lowest BCUT2D eigenvalue weighted by atomic mass is 10.1. The van der Waals surface area contributed by atoms with E-state index in [9.17, 15) is 4.79 Å². The fourth-order valence-electron chi connectivity index (χ4n) is 1.83.